The van der Waals surface area contributed by atoms with E-state index in [1.54, 1.807) is 16.2 Å². The maximum absolute atomic E-state index is 13.3. The third-order valence-corrected chi connectivity index (χ3v) is 9.58. The molecule has 1 amide bonds. The molecule has 4 atom stereocenters. The monoisotopic (exact) mass is 601 g/mol. The maximum Gasteiger partial charge on any atom is 0.228 e. The summed E-state index contributed by atoms with van der Waals surface area (Å²) in [5.41, 5.74) is 4.49. The minimum Gasteiger partial charge on any atom is -0.390 e. The molecule has 0 spiro atoms. The van der Waals surface area contributed by atoms with Crippen molar-refractivity contribution in [2.24, 2.45) is 5.92 Å². The Morgan fingerprint density at radius 2 is 1.86 bits per heavy atom. The van der Waals surface area contributed by atoms with Crippen molar-refractivity contribution < 1.29 is 19.7 Å². The van der Waals surface area contributed by atoms with Crippen molar-refractivity contribution in [3.8, 4) is 10.6 Å². The molecule has 4 heterocycles. The summed E-state index contributed by atoms with van der Waals surface area (Å²) in [7, 11) is 0. The Morgan fingerprint density at radius 3 is 2.63 bits per heavy atom. The van der Waals surface area contributed by atoms with Gasteiger partial charge in [0, 0.05) is 31.7 Å². The van der Waals surface area contributed by atoms with Crippen LogP contribution in [0.15, 0.2) is 42.6 Å². The molecule has 2 aliphatic carbocycles. The second kappa shape index (κ2) is 11.8. The highest BCUT2D eigenvalue weighted by Crippen LogP contribution is 2.44. The van der Waals surface area contributed by atoms with Gasteiger partial charge in [0.05, 0.1) is 52.9 Å². The molecule has 43 heavy (non-hydrogen) atoms. The topological polar surface area (TPSA) is 146 Å². The Bertz CT molecular complexity index is 1620. The molecule has 1 saturated heterocycles. The molecule has 4 aromatic rings. The predicted molar refractivity (Wildman–Crippen MR) is 164 cm³/mol. The highest BCUT2D eigenvalue weighted by Gasteiger charge is 2.47. The number of hydrogen-bond acceptors (Lipinski definition) is 11. The number of benzene rings is 1. The first kappa shape index (κ1) is 28.1. The number of rotatable bonds is 8. The summed E-state index contributed by atoms with van der Waals surface area (Å²) in [5, 5.41) is 29.6. The normalized spacial score (nSPS) is 23.9. The first-order valence-electron chi connectivity index (χ1n) is 14.9. The lowest BCUT2D eigenvalue weighted by Gasteiger charge is -2.30. The average molecular weight is 602 g/mol. The number of aliphatic hydroxyl groups excluding tert-OH is 2. The van der Waals surface area contributed by atoms with E-state index in [1.807, 2.05) is 49.5 Å². The van der Waals surface area contributed by atoms with Gasteiger partial charge in [-0.2, -0.15) is 4.98 Å². The lowest BCUT2D eigenvalue weighted by Crippen LogP contribution is -2.46. The van der Waals surface area contributed by atoms with Crippen molar-refractivity contribution in [3.63, 3.8) is 0 Å². The smallest absolute Gasteiger partial charge is 0.228 e. The van der Waals surface area contributed by atoms with Gasteiger partial charge in [0.1, 0.15) is 22.4 Å². The fraction of sp³-hybridized carbons (Fsp3) is 0.452. The van der Waals surface area contributed by atoms with Crippen molar-refractivity contribution in [1.82, 2.24) is 24.8 Å². The number of aryl methyl sites for hydroxylation is 1. The number of amides is 1. The van der Waals surface area contributed by atoms with E-state index in [0.29, 0.717) is 50.5 Å². The first-order chi connectivity index (χ1) is 21.0. The molecule has 3 aliphatic rings. The minimum absolute atomic E-state index is 0.158. The van der Waals surface area contributed by atoms with Crippen LogP contribution in [0.1, 0.15) is 42.1 Å². The Hall–Kier alpha value is -3.71. The first-order valence-corrected chi connectivity index (χ1v) is 15.7. The third kappa shape index (κ3) is 5.67. The zero-order valence-electron chi connectivity index (χ0n) is 23.9. The van der Waals surface area contributed by atoms with Crippen LogP contribution in [0.25, 0.3) is 20.8 Å². The average Bonchev–Trinajstić information content (AvgIpc) is 3.73. The number of ether oxygens (including phenoxy) is 1. The zero-order chi connectivity index (χ0) is 29.5. The van der Waals surface area contributed by atoms with Gasteiger partial charge in [-0.05, 0) is 37.8 Å². The number of hydrogen-bond donors (Lipinski definition) is 4. The van der Waals surface area contributed by atoms with Crippen LogP contribution in [-0.2, 0) is 16.1 Å². The number of carbonyl (C=O) groups excluding carboxylic acids is 1. The lowest BCUT2D eigenvalue weighted by atomic mass is 10.0. The van der Waals surface area contributed by atoms with Gasteiger partial charge in [-0.1, -0.05) is 30.3 Å². The summed E-state index contributed by atoms with van der Waals surface area (Å²) >= 11 is 1.56. The van der Waals surface area contributed by atoms with Crippen molar-refractivity contribution in [3.05, 3.63) is 59.5 Å². The van der Waals surface area contributed by atoms with E-state index in [4.69, 9.17) is 19.7 Å². The minimum atomic E-state index is -1.19. The Morgan fingerprint density at radius 1 is 1.07 bits per heavy atom. The summed E-state index contributed by atoms with van der Waals surface area (Å²) < 4.78 is 6.44. The quantitative estimate of drug-likeness (QED) is 0.237. The van der Waals surface area contributed by atoms with Crippen LogP contribution < -0.4 is 10.6 Å². The molecule has 1 aromatic carbocycles. The second-order valence-corrected chi connectivity index (χ2v) is 12.6. The van der Waals surface area contributed by atoms with Crippen molar-refractivity contribution >= 4 is 39.2 Å². The van der Waals surface area contributed by atoms with Gasteiger partial charge < -0.3 is 30.5 Å². The number of pyridine rings is 1. The predicted octanol–water partition coefficient (Wildman–Crippen LogP) is 3.33. The number of aliphatic hydroxyl groups is 2. The summed E-state index contributed by atoms with van der Waals surface area (Å²) in [6.45, 7) is 4.38. The van der Waals surface area contributed by atoms with Crippen LogP contribution in [0.2, 0.25) is 0 Å². The van der Waals surface area contributed by atoms with E-state index in [2.05, 4.69) is 15.6 Å². The maximum atomic E-state index is 13.3. The van der Waals surface area contributed by atoms with Crippen molar-refractivity contribution in [1.29, 1.82) is 0 Å². The van der Waals surface area contributed by atoms with E-state index < -0.39 is 24.2 Å². The van der Waals surface area contributed by atoms with Gasteiger partial charge in [-0.25, -0.2) is 9.97 Å². The van der Waals surface area contributed by atoms with Crippen molar-refractivity contribution in [2.45, 2.75) is 56.9 Å². The molecule has 12 heteroatoms. The molecular weight excluding hydrogens is 566 g/mol. The lowest BCUT2D eigenvalue weighted by molar-refractivity contribution is -0.143. The van der Waals surface area contributed by atoms with Gasteiger partial charge in [-0.15, -0.1) is 11.3 Å². The van der Waals surface area contributed by atoms with Crippen LogP contribution in [0, 0.1) is 12.8 Å². The highest BCUT2D eigenvalue weighted by atomic mass is 32.1. The van der Waals surface area contributed by atoms with E-state index in [1.165, 1.54) is 0 Å². The fourth-order valence-electron chi connectivity index (χ4n) is 6.04. The number of aromatic nitrogens is 4. The summed E-state index contributed by atoms with van der Waals surface area (Å²) in [6, 6.07) is 11.4. The van der Waals surface area contributed by atoms with Crippen LogP contribution >= 0.6 is 11.3 Å². The van der Waals surface area contributed by atoms with Gasteiger partial charge in [0.15, 0.2) is 0 Å². The fourth-order valence-corrected chi connectivity index (χ4v) is 7.11. The van der Waals surface area contributed by atoms with E-state index in [-0.39, 0.29) is 12.3 Å². The number of nitrogens with zero attached hydrogens (tertiary/aromatic N) is 5. The molecule has 224 valence electrons. The molecule has 4 unspecified atom stereocenters. The SMILES string of the molecule is Cc1nc(NCc2ccccc2)nc(NC2CC(C(=O)N3CCOCC3)C(O)C2O)c1-c1nc2c(C3CC3)nccc2s1. The molecule has 1 aliphatic heterocycles. The number of fused-ring (bicyclic) bond motifs is 1. The number of thiazole rings is 1. The highest BCUT2D eigenvalue weighted by molar-refractivity contribution is 7.21. The number of anilines is 2. The Balaban J connectivity index is 1.22. The third-order valence-electron chi connectivity index (χ3n) is 8.54. The van der Waals surface area contributed by atoms with Gasteiger partial charge in [0.2, 0.25) is 11.9 Å². The molecule has 7 rings (SSSR count). The molecule has 2 saturated carbocycles. The van der Waals surface area contributed by atoms with Gasteiger partial charge >= 0.3 is 0 Å². The molecule has 0 bridgehead atoms. The summed E-state index contributed by atoms with van der Waals surface area (Å²) in [6.07, 6.45) is 2.02. The molecule has 11 nitrogen and oxygen atoms in total. The van der Waals surface area contributed by atoms with Crippen LogP contribution in [0.5, 0.6) is 0 Å². The zero-order valence-corrected chi connectivity index (χ0v) is 24.8. The molecule has 4 N–H and O–H groups in total. The van der Waals surface area contributed by atoms with Crippen LogP contribution in [0.4, 0.5) is 11.8 Å². The van der Waals surface area contributed by atoms with E-state index >= 15 is 0 Å². The molecule has 3 aromatic heterocycles. The van der Waals surface area contributed by atoms with E-state index in [9.17, 15) is 15.0 Å². The largest absolute Gasteiger partial charge is 0.390 e. The van der Waals surface area contributed by atoms with Gasteiger partial charge in [0.25, 0.3) is 0 Å². The van der Waals surface area contributed by atoms with E-state index in [0.717, 1.165) is 50.6 Å². The van der Waals surface area contributed by atoms with Gasteiger partial charge in [-0.3, -0.25) is 9.78 Å². The number of morpholine rings is 1. The summed E-state index contributed by atoms with van der Waals surface area (Å²) in [5.74, 6) is 0.507. The molecule has 0 radical (unpaired) electrons. The van der Waals surface area contributed by atoms with Crippen LogP contribution in [0.3, 0.4) is 0 Å². The summed E-state index contributed by atoms with van der Waals surface area (Å²) in [4.78, 5) is 34.3. The number of carbonyl (C=O) groups is 1. The Kier molecular flexibility index (Phi) is 7.68. The standard InChI is InChI=1S/C31H35N7O4S/c1-17-23(29-36-25-22(43-29)9-10-32-24(25)19-7-8-19)28(37-31(34-17)33-16-18-5-3-2-4-6-18)35-21-15-20(26(39)27(21)40)30(41)38-11-13-42-14-12-38/h2-6,9-10,19-21,26-27,39-40H,7-8,11-16H2,1H3,(H2,33,34,35,37). The Labute approximate surface area is 253 Å². The van der Waals surface area contributed by atoms with Crippen molar-refractivity contribution in [2.75, 3.05) is 36.9 Å². The molecular formula is C31H35N7O4S. The van der Waals surface area contributed by atoms with Crippen LogP contribution in [-0.4, -0.2) is 85.5 Å². The number of nitrogens with one attached hydrogen (secondary N) is 2. The molecule has 3 fully saturated rings. The second-order valence-electron chi connectivity index (χ2n) is 11.5.